The lowest BCUT2D eigenvalue weighted by Gasteiger charge is -2.15. The fourth-order valence-corrected chi connectivity index (χ4v) is 1.30. The Kier molecular flexibility index (Phi) is 4.51. The molecule has 0 aliphatic heterocycles. The summed E-state index contributed by atoms with van der Waals surface area (Å²) in [6.07, 6.45) is 0.0557. The molecular formula is C12H15NO4. The van der Waals surface area contributed by atoms with Crippen LogP contribution in [-0.4, -0.2) is 42.6 Å². The molecule has 0 saturated carbocycles. The summed E-state index contributed by atoms with van der Waals surface area (Å²) in [5, 5.41) is 9.51. The first-order valence-electron chi connectivity index (χ1n) is 5.12. The first-order valence-corrected chi connectivity index (χ1v) is 5.12. The van der Waals surface area contributed by atoms with Gasteiger partial charge < -0.3 is 14.7 Å². The van der Waals surface area contributed by atoms with E-state index in [-0.39, 0.29) is 24.6 Å². The van der Waals surface area contributed by atoms with Crippen molar-refractivity contribution in [3.8, 4) is 5.75 Å². The normalized spacial score (nSPS) is 9.76. The first kappa shape index (κ1) is 13.0. The summed E-state index contributed by atoms with van der Waals surface area (Å²) in [6.45, 7) is -0.0943. The number of phenols is 1. The lowest BCUT2D eigenvalue weighted by Crippen LogP contribution is -2.33. The van der Waals surface area contributed by atoms with Crippen LogP contribution >= 0.6 is 0 Å². The van der Waals surface area contributed by atoms with Gasteiger partial charge in [-0.15, -0.1) is 0 Å². The molecule has 0 saturated heterocycles. The number of esters is 1. The van der Waals surface area contributed by atoms with Crippen LogP contribution in [0.4, 0.5) is 0 Å². The molecule has 1 rings (SSSR count). The standard InChI is InChI=1S/C12H15NO4/c1-13(8-12(16)17-2)11(15)7-9-5-3-4-6-10(9)14/h3-6,14H,7-8H2,1-2H3. The highest BCUT2D eigenvalue weighted by atomic mass is 16.5. The van der Waals surface area contributed by atoms with Gasteiger partial charge in [-0.3, -0.25) is 9.59 Å². The largest absolute Gasteiger partial charge is 0.508 e. The fraction of sp³-hybridized carbons (Fsp3) is 0.333. The number of methoxy groups -OCH3 is 1. The van der Waals surface area contributed by atoms with Crippen molar-refractivity contribution in [1.82, 2.24) is 4.90 Å². The van der Waals surface area contributed by atoms with Crippen molar-refractivity contribution in [3.05, 3.63) is 29.8 Å². The quantitative estimate of drug-likeness (QED) is 0.777. The predicted octanol–water partition coefficient (Wildman–Crippen LogP) is 0.566. The minimum atomic E-state index is -0.474. The molecule has 0 radical (unpaired) electrons. The maximum Gasteiger partial charge on any atom is 0.325 e. The van der Waals surface area contributed by atoms with E-state index in [4.69, 9.17) is 0 Å². The molecule has 5 nitrogen and oxygen atoms in total. The molecule has 1 aromatic rings. The number of benzene rings is 1. The topological polar surface area (TPSA) is 66.8 Å². The van der Waals surface area contributed by atoms with Gasteiger partial charge in [0.15, 0.2) is 0 Å². The summed E-state index contributed by atoms with van der Waals surface area (Å²) in [5.41, 5.74) is 0.536. The summed E-state index contributed by atoms with van der Waals surface area (Å²) in [7, 11) is 2.78. The smallest absolute Gasteiger partial charge is 0.325 e. The van der Waals surface area contributed by atoms with Gasteiger partial charge in [0.1, 0.15) is 12.3 Å². The summed E-state index contributed by atoms with van der Waals surface area (Å²) in [6, 6.07) is 6.60. The predicted molar refractivity (Wildman–Crippen MR) is 61.5 cm³/mol. The number of para-hydroxylation sites is 1. The van der Waals surface area contributed by atoms with Crippen LogP contribution in [0, 0.1) is 0 Å². The van der Waals surface area contributed by atoms with E-state index in [1.54, 1.807) is 18.2 Å². The SMILES string of the molecule is COC(=O)CN(C)C(=O)Cc1ccccc1O. The van der Waals surface area contributed by atoms with Crippen molar-refractivity contribution in [2.24, 2.45) is 0 Å². The second kappa shape index (κ2) is 5.89. The van der Waals surface area contributed by atoms with Crippen LogP contribution in [0.3, 0.4) is 0 Å². The Labute approximate surface area is 99.6 Å². The number of phenolic OH excluding ortho intramolecular Hbond substituents is 1. The molecule has 5 heteroatoms. The molecule has 92 valence electrons. The van der Waals surface area contributed by atoms with Crippen LogP contribution in [0.15, 0.2) is 24.3 Å². The van der Waals surface area contributed by atoms with Gasteiger partial charge in [-0.25, -0.2) is 0 Å². The molecule has 0 aliphatic carbocycles. The molecule has 0 bridgehead atoms. The molecule has 0 aromatic heterocycles. The second-order valence-corrected chi connectivity index (χ2v) is 3.63. The molecule has 1 amide bonds. The minimum absolute atomic E-state index is 0.0557. The Balaban J connectivity index is 2.60. The van der Waals surface area contributed by atoms with Crippen LogP contribution in [0.1, 0.15) is 5.56 Å². The van der Waals surface area contributed by atoms with E-state index in [9.17, 15) is 14.7 Å². The van der Waals surface area contributed by atoms with E-state index in [0.29, 0.717) is 5.56 Å². The van der Waals surface area contributed by atoms with Gasteiger partial charge in [0, 0.05) is 12.6 Å². The lowest BCUT2D eigenvalue weighted by molar-refractivity contribution is -0.145. The molecule has 0 atom stereocenters. The number of carbonyl (C=O) groups is 2. The van der Waals surface area contributed by atoms with Gasteiger partial charge in [0.05, 0.1) is 13.5 Å². The van der Waals surface area contributed by atoms with E-state index in [0.717, 1.165) is 0 Å². The van der Waals surface area contributed by atoms with Crippen LogP contribution in [0.2, 0.25) is 0 Å². The Bertz CT molecular complexity index is 417. The molecule has 1 N–H and O–H groups in total. The number of hydrogen-bond donors (Lipinski definition) is 1. The van der Waals surface area contributed by atoms with E-state index in [2.05, 4.69) is 4.74 Å². The van der Waals surface area contributed by atoms with Gasteiger partial charge in [0.2, 0.25) is 5.91 Å². The van der Waals surface area contributed by atoms with Crippen molar-refractivity contribution in [2.75, 3.05) is 20.7 Å². The highest BCUT2D eigenvalue weighted by Gasteiger charge is 2.14. The molecule has 0 heterocycles. The number of hydrogen-bond acceptors (Lipinski definition) is 4. The fourth-order valence-electron chi connectivity index (χ4n) is 1.30. The van der Waals surface area contributed by atoms with Crippen LogP contribution in [0.5, 0.6) is 5.75 Å². The number of carbonyl (C=O) groups excluding carboxylic acids is 2. The Hall–Kier alpha value is -2.04. The molecule has 0 unspecified atom stereocenters. The zero-order valence-corrected chi connectivity index (χ0v) is 9.84. The monoisotopic (exact) mass is 237 g/mol. The van der Waals surface area contributed by atoms with Crippen LogP contribution in [-0.2, 0) is 20.7 Å². The first-order chi connectivity index (χ1) is 8.04. The highest BCUT2D eigenvalue weighted by Crippen LogP contribution is 2.16. The van der Waals surface area contributed by atoms with E-state index < -0.39 is 5.97 Å². The Morgan fingerprint density at radius 3 is 2.59 bits per heavy atom. The summed E-state index contributed by atoms with van der Waals surface area (Å²) >= 11 is 0. The van der Waals surface area contributed by atoms with Crippen LogP contribution in [0.25, 0.3) is 0 Å². The zero-order chi connectivity index (χ0) is 12.8. The van der Waals surface area contributed by atoms with E-state index in [1.165, 1.54) is 25.1 Å². The maximum atomic E-state index is 11.7. The van der Waals surface area contributed by atoms with Gasteiger partial charge in [0.25, 0.3) is 0 Å². The number of rotatable bonds is 4. The summed E-state index contributed by atoms with van der Waals surface area (Å²) in [5.74, 6) is -0.651. The number of nitrogens with zero attached hydrogens (tertiary/aromatic N) is 1. The van der Waals surface area contributed by atoms with Crippen molar-refractivity contribution in [3.63, 3.8) is 0 Å². The van der Waals surface area contributed by atoms with Gasteiger partial charge in [-0.1, -0.05) is 18.2 Å². The third-order valence-corrected chi connectivity index (χ3v) is 2.35. The molecule has 0 spiro atoms. The number of amides is 1. The average molecular weight is 237 g/mol. The van der Waals surface area contributed by atoms with Crippen molar-refractivity contribution < 1.29 is 19.4 Å². The Morgan fingerprint density at radius 2 is 2.00 bits per heavy atom. The van der Waals surface area contributed by atoms with Gasteiger partial charge in [-0.2, -0.15) is 0 Å². The number of aromatic hydroxyl groups is 1. The van der Waals surface area contributed by atoms with Crippen molar-refractivity contribution in [1.29, 1.82) is 0 Å². The number of likely N-dealkylation sites (N-methyl/N-ethyl adjacent to an activating group) is 1. The molecule has 1 aromatic carbocycles. The van der Waals surface area contributed by atoms with E-state index >= 15 is 0 Å². The van der Waals surface area contributed by atoms with Gasteiger partial charge in [-0.05, 0) is 6.07 Å². The molecule has 0 fully saturated rings. The molecular weight excluding hydrogens is 222 g/mol. The second-order valence-electron chi connectivity index (χ2n) is 3.63. The lowest BCUT2D eigenvalue weighted by atomic mass is 10.1. The highest BCUT2D eigenvalue weighted by molar-refractivity contribution is 5.83. The summed E-state index contributed by atoms with van der Waals surface area (Å²) in [4.78, 5) is 24.0. The molecule has 17 heavy (non-hydrogen) atoms. The van der Waals surface area contributed by atoms with Gasteiger partial charge >= 0.3 is 5.97 Å². The average Bonchev–Trinajstić information content (AvgIpc) is 2.31. The summed E-state index contributed by atoms with van der Waals surface area (Å²) < 4.78 is 4.46. The number of ether oxygens (including phenoxy) is 1. The maximum absolute atomic E-state index is 11.7. The van der Waals surface area contributed by atoms with Crippen LogP contribution < -0.4 is 0 Å². The van der Waals surface area contributed by atoms with Crippen molar-refractivity contribution >= 4 is 11.9 Å². The zero-order valence-electron chi connectivity index (χ0n) is 9.84. The van der Waals surface area contributed by atoms with Crippen molar-refractivity contribution in [2.45, 2.75) is 6.42 Å². The Morgan fingerprint density at radius 1 is 1.35 bits per heavy atom. The van der Waals surface area contributed by atoms with E-state index in [1.807, 2.05) is 0 Å². The third-order valence-electron chi connectivity index (χ3n) is 2.35. The third kappa shape index (κ3) is 3.79. The minimum Gasteiger partial charge on any atom is -0.508 e. The molecule has 0 aliphatic rings.